The fourth-order valence-corrected chi connectivity index (χ4v) is 10.9. The predicted octanol–water partition coefficient (Wildman–Crippen LogP) is 2.61. The number of fused-ring (bicyclic) bond motifs is 2. The number of carbonyl (C=O) groups is 1. The Bertz CT molecular complexity index is 2140. The van der Waals surface area contributed by atoms with Gasteiger partial charge in [0.25, 0.3) is 20.0 Å². The summed E-state index contributed by atoms with van der Waals surface area (Å²) in [6.07, 6.45) is 3.04. The molecule has 47 heavy (non-hydrogen) atoms. The molecule has 14 nitrogen and oxygen atoms in total. The molecule has 0 saturated heterocycles. The molecule has 1 atom stereocenters. The van der Waals surface area contributed by atoms with Crippen LogP contribution in [0.15, 0.2) is 51.1 Å². The first kappa shape index (κ1) is 33.1. The number of amides is 1. The fraction of sp³-hybridized carbons (Fsp3) is 0.345. The molecular weight excluding hydrogens is 685 g/mol. The summed E-state index contributed by atoms with van der Waals surface area (Å²) in [5.41, 5.74) is 4.71. The van der Waals surface area contributed by atoms with Gasteiger partial charge in [-0.15, -0.1) is 22.7 Å². The van der Waals surface area contributed by atoms with E-state index in [1.54, 1.807) is 50.9 Å². The zero-order valence-corrected chi connectivity index (χ0v) is 29.2. The van der Waals surface area contributed by atoms with Crippen LogP contribution in [0.25, 0.3) is 0 Å². The molecule has 0 unspecified atom stereocenters. The molecule has 248 valence electrons. The van der Waals surface area contributed by atoms with Crippen LogP contribution in [0.3, 0.4) is 0 Å². The Morgan fingerprint density at radius 3 is 1.87 bits per heavy atom. The highest BCUT2D eigenvalue weighted by Gasteiger charge is 2.34. The van der Waals surface area contributed by atoms with Crippen molar-refractivity contribution in [3.8, 4) is 0 Å². The number of carbonyl (C=O) groups excluding carboxylic acids is 1. The Hall–Kier alpha value is -3.81. The second-order valence-corrected chi connectivity index (χ2v) is 17.5. The lowest BCUT2D eigenvalue weighted by atomic mass is 9.98. The van der Waals surface area contributed by atoms with E-state index in [0.29, 0.717) is 40.7 Å². The van der Waals surface area contributed by atoms with Gasteiger partial charge >= 0.3 is 0 Å². The number of nitrogens with one attached hydrogen (secondary N) is 1. The van der Waals surface area contributed by atoms with Crippen LogP contribution >= 0.6 is 22.7 Å². The van der Waals surface area contributed by atoms with Crippen LogP contribution in [-0.4, -0.2) is 67.7 Å². The van der Waals surface area contributed by atoms with Crippen LogP contribution < -0.4 is 5.32 Å². The quantitative estimate of drug-likeness (QED) is 0.253. The summed E-state index contributed by atoms with van der Waals surface area (Å²) in [6, 6.07) is 9.11. The smallest absolute Gasteiger partial charge is 0.294 e. The van der Waals surface area contributed by atoms with Crippen molar-refractivity contribution in [1.29, 1.82) is 0 Å². The summed E-state index contributed by atoms with van der Waals surface area (Å²) in [6.45, 7) is 8.38. The summed E-state index contributed by atoms with van der Waals surface area (Å²) in [4.78, 5) is 22.8. The largest absolute Gasteiger partial charge is 0.395 e. The number of aliphatic hydroxyl groups is 1. The minimum absolute atomic E-state index is 0.175. The number of hydrogen-bond acceptors (Lipinski definition) is 13. The topological polar surface area (TPSA) is 182 Å². The molecule has 0 radical (unpaired) electrons. The van der Waals surface area contributed by atoms with E-state index in [-0.39, 0.29) is 34.0 Å². The lowest BCUT2D eigenvalue weighted by Gasteiger charge is -2.22. The monoisotopic (exact) mass is 716 g/mol. The third kappa shape index (κ3) is 6.28. The highest BCUT2D eigenvalue weighted by molar-refractivity contribution is 7.92. The van der Waals surface area contributed by atoms with Crippen LogP contribution in [0.1, 0.15) is 55.4 Å². The summed E-state index contributed by atoms with van der Waals surface area (Å²) >= 11 is 2.30. The van der Waals surface area contributed by atoms with Gasteiger partial charge in [0.05, 0.1) is 51.9 Å². The van der Waals surface area contributed by atoms with E-state index in [9.17, 15) is 26.7 Å². The molecule has 5 aromatic rings. The van der Waals surface area contributed by atoms with Crippen LogP contribution in [-0.2, 0) is 51.0 Å². The Balaban J connectivity index is 0.000000183. The van der Waals surface area contributed by atoms with Gasteiger partial charge in [-0.05, 0) is 33.3 Å². The highest BCUT2D eigenvalue weighted by atomic mass is 32.3. The molecule has 0 spiro atoms. The third-order valence-corrected chi connectivity index (χ3v) is 14.1. The Morgan fingerprint density at radius 1 is 0.830 bits per heavy atom. The van der Waals surface area contributed by atoms with Crippen molar-refractivity contribution in [3.63, 3.8) is 0 Å². The number of rotatable bonds is 7. The van der Waals surface area contributed by atoms with Crippen molar-refractivity contribution < 1.29 is 26.7 Å². The fourth-order valence-electron chi connectivity index (χ4n) is 5.47. The van der Waals surface area contributed by atoms with Crippen molar-refractivity contribution >= 4 is 48.6 Å². The minimum Gasteiger partial charge on any atom is -0.395 e. The molecule has 0 aliphatic carbocycles. The van der Waals surface area contributed by atoms with Gasteiger partial charge in [-0.3, -0.25) is 4.79 Å². The number of aromatic nitrogens is 6. The van der Waals surface area contributed by atoms with Gasteiger partial charge < -0.3 is 15.3 Å². The lowest BCUT2D eigenvalue weighted by Crippen LogP contribution is -2.33. The number of hydrogen-bond donors (Lipinski definition) is 2. The number of aryl methyl sites for hydroxylation is 4. The van der Waals surface area contributed by atoms with Crippen molar-refractivity contribution in [1.82, 2.24) is 38.6 Å². The van der Waals surface area contributed by atoms with Crippen LogP contribution in [0.5, 0.6) is 0 Å². The van der Waals surface area contributed by atoms with Gasteiger partial charge in [-0.2, -0.15) is 35.2 Å². The van der Waals surface area contributed by atoms with Crippen molar-refractivity contribution in [3.05, 3.63) is 92.2 Å². The Kier molecular flexibility index (Phi) is 8.92. The Labute approximate surface area is 279 Å². The number of nitrogens with zero attached hydrogens (tertiary/aromatic N) is 7. The minimum atomic E-state index is -3.81. The molecule has 0 fully saturated rings. The average molecular weight is 717 g/mol. The molecule has 2 aliphatic heterocycles. The van der Waals surface area contributed by atoms with Gasteiger partial charge in [0.15, 0.2) is 8.42 Å². The number of benzene rings is 1. The SMILES string of the molecule is Cc1nc(C)c(S(=O)(=O)n2cc3c(n2)CN(C(=O)[C@H](CO)c2ccccc2)C3)s1.Cc1nc(C)c(S(=O)(=O)n2cc3c(n2)CNC3)s1. The molecule has 1 amide bonds. The van der Waals surface area contributed by atoms with Crippen molar-refractivity contribution in [2.24, 2.45) is 0 Å². The van der Waals surface area contributed by atoms with E-state index >= 15 is 0 Å². The first-order chi connectivity index (χ1) is 22.3. The molecule has 4 aromatic heterocycles. The van der Waals surface area contributed by atoms with Crippen LogP contribution in [0, 0.1) is 27.7 Å². The van der Waals surface area contributed by atoms with E-state index in [2.05, 4.69) is 25.5 Å². The molecule has 2 N–H and O–H groups in total. The van der Waals surface area contributed by atoms with E-state index in [0.717, 1.165) is 41.3 Å². The average Bonchev–Trinajstić information content (AvgIpc) is 3.85. The second-order valence-electron chi connectivity index (χ2n) is 11.1. The van der Waals surface area contributed by atoms with E-state index in [1.165, 1.54) is 17.5 Å². The van der Waals surface area contributed by atoms with Gasteiger partial charge in [-0.25, -0.2) is 9.97 Å². The summed E-state index contributed by atoms with van der Waals surface area (Å²) in [5.74, 6) is -0.862. The van der Waals surface area contributed by atoms with Gasteiger partial charge in [-0.1, -0.05) is 30.3 Å². The maximum atomic E-state index is 12.9. The molecule has 1 aromatic carbocycles. The molecule has 0 bridgehead atoms. The summed E-state index contributed by atoms with van der Waals surface area (Å²) < 4.78 is 53.1. The molecule has 2 aliphatic rings. The molecule has 7 rings (SSSR count). The summed E-state index contributed by atoms with van der Waals surface area (Å²) in [7, 11) is -7.40. The lowest BCUT2D eigenvalue weighted by molar-refractivity contribution is -0.134. The number of thiazole rings is 2. The van der Waals surface area contributed by atoms with E-state index in [4.69, 9.17) is 0 Å². The Morgan fingerprint density at radius 2 is 1.38 bits per heavy atom. The second kappa shape index (κ2) is 12.7. The van der Waals surface area contributed by atoms with Gasteiger partial charge in [0.1, 0.15) is 0 Å². The predicted molar refractivity (Wildman–Crippen MR) is 174 cm³/mol. The standard InChI is InChI=1S/C19H20N4O4S2.C10H12N4O2S2/c1-12-19(28-13(2)20-12)29(26,27)23-9-15-8-22(10-17(15)21-23)18(25)16(11-24)14-6-4-3-5-7-14;1-6-10(17-7(2)12-6)18(15,16)14-5-8-3-11-4-9(8)13-14/h3-7,9,16,24H,8,10-11H2,1-2H3;5,11H,3-4H2,1-2H3/t16-;/m1./s1. The van der Waals surface area contributed by atoms with Gasteiger partial charge in [0, 0.05) is 43.2 Å². The van der Waals surface area contributed by atoms with Crippen molar-refractivity contribution in [2.45, 2.75) is 68.2 Å². The zero-order valence-electron chi connectivity index (χ0n) is 25.9. The maximum Gasteiger partial charge on any atom is 0.294 e. The van der Waals surface area contributed by atoms with Crippen LogP contribution in [0.2, 0.25) is 0 Å². The molecule has 18 heteroatoms. The third-order valence-electron chi connectivity index (χ3n) is 7.70. The first-order valence-corrected chi connectivity index (χ1v) is 19.0. The maximum absolute atomic E-state index is 12.9. The van der Waals surface area contributed by atoms with E-state index < -0.39 is 26.0 Å². The molecule has 6 heterocycles. The van der Waals surface area contributed by atoms with E-state index in [1.807, 2.05) is 18.2 Å². The summed E-state index contributed by atoms with van der Waals surface area (Å²) in [5, 5.41) is 22.6. The van der Waals surface area contributed by atoms with Crippen molar-refractivity contribution in [2.75, 3.05) is 6.61 Å². The van der Waals surface area contributed by atoms with Crippen LogP contribution in [0.4, 0.5) is 0 Å². The normalized spacial score (nSPS) is 14.9. The molecule has 0 saturated carbocycles. The highest BCUT2D eigenvalue weighted by Crippen LogP contribution is 2.30. The zero-order chi connectivity index (χ0) is 33.7. The first-order valence-electron chi connectivity index (χ1n) is 14.5. The molecular formula is C29H32N8O6S4. The van der Waals surface area contributed by atoms with Gasteiger partial charge in [0.2, 0.25) is 5.91 Å². The number of aliphatic hydroxyl groups excluding tert-OH is 1.